The van der Waals surface area contributed by atoms with Crippen LogP contribution in [0.4, 0.5) is 14.5 Å². The summed E-state index contributed by atoms with van der Waals surface area (Å²) in [5.41, 5.74) is 7.65. The fourth-order valence-electron chi connectivity index (χ4n) is 1.94. The van der Waals surface area contributed by atoms with Gasteiger partial charge in [-0.05, 0) is 35.4 Å². The Balaban J connectivity index is 2.15. The molecule has 19 heavy (non-hydrogen) atoms. The van der Waals surface area contributed by atoms with E-state index in [2.05, 4.69) is 0 Å². The van der Waals surface area contributed by atoms with E-state index in [0.717, 1.165) is 11.1 Å². The summed E-state index contributed by atoms with van der Waals surface area (Å²) in [6.45, 7) is 0.831. The van der Waals surface area contributed by atoms with Crippen LogP contribution in [0.2, 0.25) is 0 Å². The summed E-state index contributed by atoms with van der Waals surface area (Å²) < 4.78 is 26.7. The summed E-state index contributed by atoms with van der Waals surface area (Å²) in [6.07, 6.45) is 0. The van der Waals surface area contributed by atoms with Gasteiger partial charge in [0, 0.05) is 20.1 Å². The molecule has 0 amide bonds. The van der Waals surface area contributed by atoms with Crippen molar-refractivity contribution in [1.82, 2.24) is 0 Å². The molecule has 0 heterocycles. The van der Waals surface area contributed by atoms with Gasteiger partial charge in [0.2, 0.25) is 0 Å². The lowest BCUT2D eigenvalue weighted by molar-refractivity contribution is 0.618. The van der Waals surface area contributed by atoms with Gasteiger partial charge in [-0.1, -0.05) is 18.2 Å². The number of hydrogen-bond donors (Lipinski definition) is 1. The second-order valence-electron chi connectivity index (χ2n) is 4.47. The summed E-state index contributed by atoms with van der Waals surface area (Å²) >= 11 is 0. The van der Waals surface area contributed by atoms with Gasteiger partial charge in [-0.2, -0.15) is 0 Å². The number of hydrogen-bond acceptors (Lipinski definition) is 2. The monoisotopic (exact) mass is 262 g/mol. The van der Waals surface area contributed by atoms with Crippen LogP contribution in [0.25, 0.3) is 0 Å². The highest BCUT2D eigenvalue weighted by Gasteiger charge is 2.08. The number of nitrogens with two attached hydrogens (primary N) is 1. The minimum absolute atomic E-state index is 0.273. The second-order valence-corrected chi connectivity index (χ2v) is 4.47. The first-order valence-corrected chi connectivity index (χ1v) is 6.04. The van der Waals surface area contributed by atoms with Crippen molar-refractivity contribution in [3.8, 4) is 0 Å². The number of halogens is 2. The Morgan fingerprint density at radius 2 is 1.63 bits per heavy atom. The predicted octanol–water partition coefficient (Wildman–Crippen LogP) is 3.06. The molecule has 100 valence electrons. The Labute approximate surface area is 111 Å². The van der Waals surface area contributed by atoms with Gasteiger partial charge in [-0.15, -0.1) is 0 Å². The van der Waals surface area contributed by atoms with Crippen LogP contribution in [-0.4, -0.2) is 7.05 Å². The topological polar surface area (TPSA) is 29.3 Å². The SMILES string of the molecule is CN(Cc1ccc(F)cc1)c1ccc(CN)cc1F. The average molecular weight is 262 g/mol. The van der Waals surface area contributed by atoms with E-state index in [-0.39, 0.29) is 11.6 Å². The van der Waals surface area contributed by atoms with Crippen molar-refractivity contribution in [2.75, 3.05) is 11.9 Å². The molecular formula is C15H16F2N2. The maximum Gasteiger partial charge on any atom is 0.146 e. The smallest absolute Gasteiger partial charge is 0.146 e. The molecule has 0 radical (unpaired) electrons. The summed E-state index contributed by atoms with van der Waals surface area (Å²) in [5.74, 6) is -0.572. The van der Waals surface area contributed by atoms with Gasteiger partial charge in [0.05, 0.1) is 5.69 Å². The molecule has 0 saturated heterocycles. The Morgan fingerprint density at radius 1 is 1.00 bits per heavy atom. The van der Waals surface area contributed by atoms with Crippen LogP contribution in [0.5, 0.6) is 0 Å². The van der Waals surface area contributed by atoms with Gasteiger partial charge in [0.15, 0.2) is 0 Å². The fourth-order valence-corrected chi connectivity index (χ4v) is 1.94. The first-order valence-electron chi connectivity index (χ1n) is 6.04. The van der Waals surface area contributed by atoms with Gasteiger partial charge >= 0.3 is 0 Å². The van der Waals surface area contributed by atoms with Crippen LogP contribution in [0.15, 0.2) is 42.5 Å². The lowest BCUT2D eigenvalue weighted by atomic mass is 10.1. The van der Waals surface area contributed by atoms with Gasteiger partial charge in [-0.3, -0.25) is 0 Å². The second kappa shape index (κ2) is 5.80. The quantitative estimate of drug-likeness (QED) is 0.917. The van der Waals surface area contributed by atoms with E-state index in [9.17, 15) is 8.78 Å². The van der Waals surface area contributed by atoms with E-state index < -0.39 is 0 Å². The van der Waals surface area contributed by atoms with E-state index in [1.165, 1.54) is 18.2 Å². The Morgan fingerprint density at radius 3 is 2.21 bits per heavy atom. The van der Waals surface area contributed by atoms with Crippen LogP contribution in [0.1, 0.15) is 11.1 Å². The molecule has 0 aliphatic heterocycles. The third kappa shape index (κ3) is 3.29. The van der Waals surface area contributed by atoms with Crippen molar-refractivity contribution < 1.29 is 8.78 Å². The maximum absolute atomic E-state index is 13.9. The highest BCUT2D eigenvalue weighted by Crippen LogP contribution is 2.21. The normalized spacial score (nSPS) is 10.5. The van der Waals surface area contributed by atoms with E-state index in [1.54, 1.807) is 36.2 Å². The van der Waals surface area contributed by atoms with E-state index in [4.69, 9.17) is 5.73 Å². The largest absolute Gasteiger partial charge is 0.368 e. The molecule has 2 N–H and O–H groups in total. The fraction of sp³-hybridized carbons (Fsp3) is 0.200. The molecule has 2 nitrogen and oxygen atoms in total. The molecule has 0 unspecified atom stereocenters. The molecule has 0 atom stereocenters. The third-order valence-corrected chi connectivity index (χ3v) is 2.99. The zero-order valence-corrected chi connectivity index (χ0v) is 10.7. The highest BCUT2D eigenvalue weighted by atomic mass is 19.1. The molecule has 4 heteroatoms. The number of benzene rings is 2. The first-order chi connectivity index (χ1) is 9.10. The summed E-state index contributed by atoms with van der Waals surface area (Å²) in [6, 6.07) is 11.1. The van der Waals surface area contributed by atoms with Gasteiger partial charge in [0.1, 0.15) is 11.6 Å². The summed E-state index contributed by atoms with van der Waals surface area (Å²) in [7, 11) is 1.80. The summed E-state index contributed by atoms with van der Waals surface area (Å²) in [4.78, 5) is 1.78. The van der Waals surface area contributed by atoms with Crippen molar-refractivity contribution in [3.63, 3.8) is 0 Å². The molecule has 0 fully saturated rings. The van der Waals surface area contributed by atoms with Crippen molar-refractivity contribution in [3.05, 3.63) is 65.2 Å². The molecule has 2 rings (SSSR count). The predicted molar refractivity (Wildman–Crippen MR) is 72.8 cm³/mol. The van der Waals surface area contributed by atoms with Crippen LogP contribution in [0.3, 0.4) is 0 Å². The standard InChI is InChI=1S/C15H16F2N2/c1-19(10-11-2-5-13(16)6-3-11)15-7-4-12(9-18)8-14(15)17/h2-8H,9-10,18H2,1H3. The molecule has 2 aromatic rings. The van der Waals surface area contributed by atoms with Crippen LogP contribution < -0.4 is 10.6 Å². The minimum atomic E-state index is -0.299. The van der Waals surface area contributed by atoms with E-state index >= 15 is 0 Å². The van der Waals surface area contributed by atoms with Gasteiger partial charge in [0.25, 0.3) is 0 Å². The first kappa shape index (κ1) is 13.5. The van der Waals surface area contributed by atoms with Crippen molar-refractivity contribution >= 4 is 5.69 Å². The third-order valence-electron chi connectivity index (χ3n) is 2.99. The van der Waals surface area contributed by atoms with Gasteiger partial charge in [-0.25, -0.2) is 8.78 Å². The molecular weight excluding hydrogens is 246 g/mol. The zero-order chi connectivity index (χ0) is 13.8. The molecule has 0 bridgehead atoms. The van der Waals surface area contributed by atoms with E-state index in [1.807, 2.05) is 0 Å². The van der Waals surface area contributed by atoms with Crippen LogP contribution >= 0.6 is 0 Å². The van der Waals surface area contributed by atoms with Crippen molar-refractivity contribution in [2.45, 2.75) is 13.1 Å². The molecule has 2 aromatic carbocycles. The molecule has 0 spiro atoms. The van der Waals surface area contributed by atoms with Crippen molar-refractivity contribution in [2.24, 2.45) is 5.73 Å². The van der Waals surface area contributed by atoms with Gasteiger partial charge < -0.3 is 10.6 Å². The molecule has 0 aromatic heterocycles. The van der Waals surface area contributed by atoms with Crippen molar-refractivity contribution in [1.29, 1.82) is 0 Å². The lowest BCUT2D eigenvalue weighted by Gasteiger charge is -2.20. The Hall–Kier alpha value is -1.94. The van der Waals surface area contributed by atoms with E-state index in [0.29, 0.717) is 18.8 Å². The van der Waals surface area contributed by atoms with Crippen LogP contribution in [0, 0.1) is 11.6 Å². The zero-order valence-electron chi connectivity index (χ0n) is 10.7. The Kier molecular flexibility index (Phi) is 4.12. The molecule has 0 aliphatic carbocycles. The highest BCUT2D eigenvalue weighted by molar-refractivity contribution is 5.49. The minimum Gasteiger partial charge on any atom is -0.368 e. The summed E-state index contributed by atoms with van der Waals surface area (Å²) in [5, 5.41) is 0. The lowest BCUT2D eigenvalue weighted by Crippen LogP contribution is -2.18. The Bertz CT molecular complexity index is 553. The van der Waals surface area contributed by atoms with Crippen LogP contribution in [-0.2, 0) is 13.1 Å². The molecule has 0 saturated carbocycles. The number of rotatable bonds is 4. The maximum atomic E-state index is 13.9. The molecule has 0 aliphatic rings. The number of anilines is 1. The number of nitrogens with zero attached hydrogens (tertiary/aromatic N) is 1. The average Bonchev–Trinajstić information content (AvgIpc) is 2.41.